The SMILES string of the molecule is Cn1c(CCC(=O)O)nc2c1CCCC2. The first-order valence-electron chi connectivity index (χ1n) is 5.43. The number of carbonyl (C=O) groups is 1. The maximum Gasteiger partial charge on any atom is 0.303 e. The number of carboxylic acid groups (broad SMARTS) is 1. The molecule has 0 aliphatic heterocycles. The lowest BCUT2D eigenvalue weighted by atomic mass is 10.0. The second kappa shape index (κ2) is 4.04. The zero-order chi connectivity index (χ0) is 10.8. The van der Waals surface area contributed by atoms with E-state index in [2.05, 4.69) is 9.55 Å². The van der Waals surface area contributed by atoms with Gasteiger partial charge < -0.3 is 9.67 Å². The fraction of sp³-hybridized carbons (Fsp3) is 0.636. The summed E-state index contributed by atoms with van der Waals surface area (Å²) in [4.78, 5) is 15.0. The van der Waals surface area contributed by atoms with E-state index in [1.54, 1.807) is 0 Å². The van der Waals surface area contributed by atoms with Gasteiger partial charge in [0.25, 0.3) is 0 Å². The minimum atomic E-state index is -0.754. The minimum Gasteiger partial charge on any atom is -0.481 e. The quantitative estimate of drug-likeness (QED) is 0.815. The van der Waals surface area contributed by atoms with Crippen molar-refractivity contribution in [2.45, 2.75) is 38.5 Å². The van der Waals surface area contributed by atoms with Crippen LogP contribution < -0.4 is 0 Å². The van der Waals surface area contributed by atoms with Gasteiger partial charge in [-0.15, -0.1) is 0 Å². The average molecular weight is 208 g/mol. The van der Waals surface area contributed by atoms with Gasteiger partial charge in [0.15, 0.2) is 0 Å². The van der Waals surface area contributed by atoms with E-state index in [1.807, 2.05) is 7.05 Å². The Morgan fingerprint density at radius 1 is 1.47 bits per heavy atom. The van der Waals surface area contributed by atoms with E-state index in [4.69, 9.17) is 5.11 Å². The maximum absolute atomic E-state index is 10.5. The van der Waals surface area contributed by atoms with Crippen LogP contribution in [-0.4, -0.2) is 20.6 Å². The van der Waals surface area contributed by atoms with E-state index < -0.39 is 5.97 Å². The Labute approximate surface area is 88.9 Å². The molecule has 0 spiro atoms. The summed E-state index contributed by atoms with van der Waals surface area (Å²) in [6, 6.07) is 0. The molecule has 2 rings (SSSR count). The second-order valence-electron chi connectivity index (χ2n) is 4.08. The van der Waals surface area contributed by atoms with Crippen molar-refractivity contribution in [2.24, 2.45) is 7.05 Å². The molecule has 4 nitrogen and oxygen atoms in total. The van der Waals surface area contributed by atoms with Crippen molar-refractivity contribution in [3.63, 3.8) is 0 Å². The van der Waals surface area contributed by atoms with Crippen LogP contribution in [0.25, 0.3) is 0 Å². The monoisotopic (exact) mass is 208 g/mol. The summed E-state index contributed by atoms with van der Waals surface area (Å²) in [5.41, 5.74) is 2.49. The Kier molecular flexibility index (Phi) is 2.75. The van der Waals surface area contributed by atoms with Crippen LogP contribution in [0, 0.1) is 0 Å². The number of aromatic nitrogens is 2. The van der Waals surface area contributed by atoms with Crippen molar-refractivity contribution < 1.29 is 9.90 Å². The number of hydrogen-bond acceptors (Lipinski definition) is 2. The molecule has 1 aliphatic rings. The Bertz CT molecular complexity index is 382. The molecule has 0 saturated carbocycles. The summed E-state index contributed by atoms with van der Waals surface area (Å²) in [5, 5.41) is 8.63. The third-order valence-electron chi connectivity index (χ3n) is 3.03. The van der Waals surface area contributed by atoms with Gasteiger partial charge >= 0.3 is 5.97 Å². The zero-order valence-corrected chi connectivity index (χ0v) is 8.99. The van der Waals surface area contributed by atoms with Crippen molar-refractivity contribution >= 4 is 5.97 Å². The largest absolute Gasteiger partial charge is 0.481 e. The molecule has 15 heavy (non-hydrogen) atoms. The van der Waals surface area contributed by atoms with Gasteiger partial charge in [-0.3, -0.25) is 4.79 Å². The van der Waals surface area contributed by atoms with Crippen LogP contribution in [0.15, 0.2) is 0 Å². The van der Waals surface area contributed by atoms with Crippen LogP contribution in [0.2, 0.25) is 0 Å². The first kappa shape index (κ1) is 10.2. The molecule has 1 aromatic rings. The summed E-state index contributed by atoms with van der Waals surface area (Å²) in [5.74, 6) is 0.167. The molecule has 1 heterocycles. The highest BCUT2D eigenvalue weighted by Crippen LogP contribution is 2.21. The number of aryl methyl sites for hydroxylation is 2. The lowest BCUT2D eigenvalue weighted by molar-refractivity contribution is -0.137. The van der Waals surface area contributed by atoms with Crippen molar-refractivity contribution in [1.82, 2.24) is 9.55 Å². The van der Waals surface area contributed by atoms with Crippen LogP contribution >= 0.6 is 0 Å². The fourth-order valence-electron chi connectivity index (χ4n) is 2.18. The number of fused-ring (bicyclic) bond motifs is 1. The molecule has 4 heteroatoms. The number of aliphatic carboxylic acids is 1. The van der Waals surface area contributed by atoms with Gasteiger partial charge in [-0.05, 0) is 25.7 Å². The normalized spacial score (nSPS) is 15.0. The van der Waals surface area contributed by atoms with E-state index >= 15 is 0 Å². The Morgan fingerprint density at radius 3 is 2.87 bits per heavy atom. The summed E-state index contributed by atoms with van der Waals surface area (Å²) < 4.78 is 2.08. The molecule has 0 amide bonds. The number of hydrogen-bond donors (Lipinski definition) is 1. The van der Waals surface area contributed by atoms with Gasteiger partial charge in [0.2, 0.25) is 0 Å². The van der Waals surface area contributed by atoms with Crippen molar-refractivity contribution in [1.29, 1.82) is 0 Å². The number of rotatable bonds is 3. The standard InChI is InChI=1S/C11H16N2O2/c1-13-9-5-3-2-4-8(9)12-10(13)6-7-11(14)15/h2-7H2,1H3,(H,14,15). The van der Waals surface area contributed by atoms with E-state index in [9.17, 15) is 4.79 Å². The highest BCUT2D eigenvalue weighted by Gasteiger charge is 2.17. The van der Waals surface area contributed by atoms with Gasteiger partial charge in [0.05, 0.1) is 12.1 Å². The molecular formula is C11H16N2O2. The highest BCUT2D eigenvalue weighted by atomic mass is 16.4. The second-order valence-corrected chi connectivity index (χ2v) is 4.08. The molecule has 82 valence electrons. The number of imidazole rings is 1. The van der Waals surface area contributed by atoms with Gasteiger partial charge in [-0.25, -0.2) is 4.98 Å². The summed E-state index contributed by atoms with van der Waals surface area (Å²) in [7, 11) is 1.99. The fourth-order valence-corrected chi connectivity index (χ4v) is 2.18. The Balaban J connectivity index is 2.18. The van der Waals surface area contributed by atoms with E-state index in [0.717, 1.165) is 18.7 Å². The lowest BCUT2D eigenvalue weighted by Crippen LogP contribution is -2.07. The summed E-state index contributed by atoms with van der Waals surface area (Å²) in [6.45, 7) is 0. The molecular weight excluding hydrogens is 192 g/mol. The van der Waals surface area contributed by atoms with Crippen molar-refractivity contribution in [2.75, 3.05) is 0 Å². The molecule has 1 N–H and O–H groups in total. The minimum absolute atomic E-state index is 0.170. The predicted octanol–water partition coefficient (Wildman–Crippen LogP) is 1.32. The van der Waals surface area contributed by atoms with Crippen LogP contribution in [-0.2, 0) is 31.1 Å². The van der Waals surface area contributed by atoms with E-state index in [-0.39, 0.29) is 6.42 Å². The van der Waals surface area contributed by atoms with Crippen LogP contribution in [0.1, 0.15) is 36.5 Å². The highest BCUT2D eigenvalue weighted by molar-refractivity contribution is 5.66. The molecule has 0 fully saturated rings. The lowest BCUT2D eigenvalue weighted by Gasteiger charge is -2.11. The first-order valence-corrected chi connectivity index (χ1v) is 5.43. The van der Waals surface area contributed by atoms with Crippen molar-refractivity contribution in [3.05, 3.63) is 17.2 Å². The predicted molar refractivity (Wildman–Crippen MR) is 55.8 cm³/mol. The summed E-state index contributed by atoms with van der Waals surface area (Å²) in [6.07, 6.45) is 5.29. The van der Waals surface area contributed by atoms with Crippen LogP contribution in [0.4, 0.5) is 0 Å². The molecule has 0 aromatic carbocycles. The van der Waals surface area contributed by atoms with Gasteiger partial charge in [-0.1, -0.05) is 0 Å². The molecule has 0 bridgehead atoms. The molecule has 1 aromatic heterocycles. The first-order chi connectivity index (χ1) is 7.18. The maximum atomic E-state index is 10.5. The topological polar surface area (TPSA) is 55.1 Å². The Morgan fingerprint density at radius 2 is 2.20 bits per heavy atom. The number of nitrogens with zero attached hydrogens (tertiary/aromatic N) is 2. The van der Waals surface area contributed by atoms with Gasteiger partial charge in [0.1, 0.15) is 5.82 Å². The van der Waals surface area contributed by atoms with E-state index in [0.29, 0.717) is 6.42 Å². The molecule has 0 saturated heterocycles. The van der Waals surface area contributed by atoms with Gasteiger partial charge in [-0.2, -0.15) is 0 Å². The summed E-state index contributed by atoms with van der Waals surface area (Å²) >= 11 is 0. The smallest absolute Gasteiger partial charge is 0.303 e. The van der Waals surface area contributed by atoms with Crippen LogP contribution in [0.5, 0.6) is 0 Å². The molecule has 0 atom stereocenters. The van der Waals surface area contributed by atoms with Gasteiger partial charge in [0, 0.05) is 19.2 Å². The third kappa shape index (κ3) is 2.03. The molecule has 0 radical (unpaired) electrons. The van der Waals surface area contributed by atoms with Crippen molar-refractivity contribution in [3.8, 4) is 0 Å². The van der Waals surface area contributed by atoms with E-state index in [1.165, 1.54) is 24.2 Å². The third-order valence-corrected chi connectivity index (χ3v) is 3.03. The zero-order valence-electron chi connectivity index (χ0n) is 8.99. The average Bonchev–Trinajstić information content (AvgIpc) is 2.54. The molecule has 0 unspecified atom stereocenters. The molecule has 1 aliphatic carbocycles. The Hall–Kier alpha value is -1.32. The van der Waals surface area contributed by atoms with Crippen LogP contribution in [0.3, 0.4) is 0 Å². The number of carboxylic acids is 1.